The Hall–Kier alpha value is -2.62. The molecule has 4 nitrogen and oxygen atoms in total. The first-order valence-corrected chi connectivity index (χ1v) is 8.21. The van der Waals surface area contributed by atoms with Gasteiger partial charge in [0.25, 0.3) is 0 Å². The molecule has 2 aromatic rings. The number of hydrogen-bond donors (Lipinski definition) is 1. The van der Waals surface area contributed by atoms with Crippen molar-refractivity contribution in [1.82, 2.24) is 10.2 Å². The van der Waals surface area contributed by atoms with Crippen LogP contribution >= 0.6 is 0 Å². The fourth-order valence-corrected chi connectivity index (χ4v) is 2.32. The number of nitrogens with zero attached hydrogens (tertiary/aromatic N) is 1. The molecule has 0 saturated carbocycles. The second-order valence-corrected chi connectivity index (χ2v) is 6.24. The van der Waals surface area contributed by atoms with Crippen LogP contribution in [-0.4, -0.2) is 23.3 Å². The summed E-state index contributed by atoms with van der Waals surface area (Å²) < 4.78 is 0. The Balaban J connectivity index is 2.12. The lowest BCUT2D eigenvalue weighted by Gasteiger charge is -2.22. The Kier molecular flexibility index (Phi) is 6.55. The first-order chi connectivity index (χ1) is 11.6. The van der Waals surface area contributed by atoms with Crippen LogP contribution in [0.4, 0.5) is 0 Å². The zero-order valence-corrected chi connectivity index (χ0v) is 14.2. The van der Waals surface area contributed by atoms with Gasteiger partial charge in [0, 0.05) is 19.6 Å². The molecule has 2 rings (SSSR count). The summed E-state index contributed by atoms with van der Waals surface area (Å²) in [6.45, 7) is 5.30. The van der Waals surface area contributed by atoms with Crippen LogP contribution in [-0.2, 0) is 22.7 Å². The summed E-state index contributed by atoms with van der Waals surface area (Å²) in [5, 5.41) is 2.70. The maximum atomic E-state index is 12.6. The van der Waals surface area contributed by atoms with Crippen molar-refractivity contribution in [3.63, 3.8) is 0 Å². The second-order valence-electron chi connectivity index (χ2n) is 6.24. The quantitative estimate of drug-likeness (QED) is 0.831. The minimum absolute atomic E-state index is 0.304. The van der Waals surface area contributed by atoms with Gasteiger partial charge in [0.15, 0.2) is 0 Å². The molecule has 2 amide bonds. The molecule has 0 bridgehead atoms. The van der Waals surface area contributed by atoms with Crippen LogP contribution in [0, 0.1) is 5.92 Å². The molecule has 0 aromatic heterocycles. The van der Waals surface area contributed by atoms with Gasteiger partial charge in [0.1, 0.15) is 0 Å². The van der Waals surface area contributed by atoms with Crippen molar-refractivity contribution in [2.45, 2.75) is 26.9 Å². The van der Waals surface area contributed by atoms with Crippen LogP contribution in [0.15, 0.2) is 60.7 Å². The molecule has 0 spiro atoms. The Morgan fingerprint density at radius 3 is 1.75 bits per heavy atom. The van der Waals surface area contributed by atoms with Crippen LogP contribution in [0.25, 0.3) is 0 Å². The lowest BCUT2D eigenvalue weighted by molar-refractivity contribution is -0.146. The van der Waals surface area contributed by atoms with Crippen molar-refractivity contribution in [3.8, 4) is 0 Å². The highest BCUT2D eigenvalue weighted by molar-refractivity contribution is 6.34. The number of carbonyl (C=O) groups excluding carboxylic acids is 2. The molecule has 0 radical (unpaired) electrons. The predicted octanol–water partition coefficient (Wildman–Crippen LogP) is 2.99. The molecule has 0 unspecified atom stereocenters. The SMILES string of the molecule is CC(C)CNC(=O)C(=O)N(Cc1ccccc1)Cc1ccccc1. The molecular weight excluding hydrogens is 300 g/mol. The maximum absolute atomic E-state index is 12.6. The third-order valence-corrected chi connectivity index (χ3v) is 3.58. The third kappa shape index (κ3) is 5.54. The first kappa shape index (κ1) is 17.7. The normalized spacial score (nSPS) is 10.5. The van der Waals surface area contributed by atoms with E-state index in [1.54, 1.807) is 4.90 Å². The van der Waals surface area contributed by atoms with E-state index >= 15 is 0 Å². The number of rotatable bonds is 6. The average Bonchev–Trinajstić information content (AvgIpc) is 2.60. The van der Waals surface area contributed by atoms with E-state index in [9.17, 15) is 9.59 Å². The summed E-state index contributed by atoms with van der Waals surface area (Å²) in [6.07, 6.45) is 0. The number of benzene rings is 2. The number of hydrogen-bond acceptors (Lipinski definition) is 2. The van der Waals surface area contributed by atoms with E-state index in [1.807, 2.05) is 74.5 Å². The summed E-state index contributed by atoms with van der Waals surface area (Å²) >= 11 is 0. The van der Waals surface area contributed by atoms with Gasteiger partial charge in [0.05, 0.1) is 0 Å². The molecular formula is C20H24N2O2. The fourth-order valence-electron chi connectivity index (χ4n) is 2.32. The molecule has 4 heteroatoms. The van der Waals surface area contributed by atoms with Gasteiger partial charge in [-0.05, 0) is 17.0 Å². The van der Waals surface area contributed by atoms with Gasteiger partial charge in [-0.15, -0.1) is 0 Å². The van der Waals surface area contributed by atoms with Crippen molar-refractivity contribution >= 4 is 11.8 Å². The molecule has 0 aliphatic heterocycles. The minimum Gasteiger partial charge on any atom is -0.348 e. The predicted molar refractivity (Wildman–Crippen MR) is 95.0 cm³/mol. The van der Waals surface area contributed by atoms with E-state index in [0.29, 0.717) is 25.6 Å². The van der Waals surface area contributed by atoms with Gasteiger partial charge in [-0.2, -0.15) is 0 Å². The molecule has 1 N–H and O–H groups in total. The molecule has 0 saturated heterocycles. The third-order valence-electron chi connectivity index (χ3n) is 3.58. The lowest BCUT2D eigenvalue weighted by atomic mass is 10.1. The van der Waals surface area contributed by atoms with E-state index in [-0.39, 0.29) is 0 Å². The van der Waals surface area contributed by atoms with Gasteiger partial charge in [-0.25, -0.2) is 0 Å². The van der Waals surface area contributed by atoms with Crippen molar-refractivity contribution in [1.29, 1.82) is 0 Å². The van der Waals surface area contributed by atoms with E-state index in [2.05, 4.69) is 5.32 Å². The van der Waals surface area contributed by atoms with E-state index < -0.39 is 11.8 Å². The maximum Gasteiger partial charge on any atom is 0.312 e. The molecule has 0 atom stereocenters. The van der Waals surface area contributed by atoms with Crippen molar-refractivity contribution in [3.05, 3.63) is 71.8 Å². The van der Waals surface area contributed by atoms with Crippen LogP contribution in [0.1, 0.15) is 25.0 Å². The lowest BCUT2D eigenvalue weighted by Crippen LogP contribution is -2.43. The Bertz CT molecular complexity index is 612. The summed E-state index contributed by atoms with van der Waals surface area (Å²) in [6, 6.07) is 19.4. The van der Waals surface area contributed by atoms with Crippen molar-refractivity contribution in [2.24, 2.45) is 5.92 Å². The standard InChI is InChI=1S/C20H24N2O2/c1-16(2)13-21-19(23)20(24)22(14-17-9-5-3-6-10-17)15-18-11-7-4-8-12-18/h3-12,16H,13-15H2,1-2H3,(H,21,23). The van der Waals surface area contributed by atoms with Gasteiger partial charge in [0.2, 0.25) is 0 Å². The van der Waals surface area contributed by atoms with Crippen molar-refractivity contribution in [2.75, 3.05) is 6.54 Å². The second kappa shape index (κ2) is 8.87. The highest BCUT2D eigenvalue weighted by Crippen LogP contribution is 2.10. The topological polar surface area (TPSA) is 49.4 Å². The monoisotopic (exact) mass is 324 g/mol. The molecule has 2 aromatic carbocycles. The van der Waals surface area contributed by atoms with Gasteiger partial charge in [-0.3, -0.25) is 9.59 Å². The minimum atomic E-state index is -0.546. The first-order valence-electron chi connectivity index (χ1n) is 8.21. The summed E-state index contributed by atoms with van der Waals surface area (Å²) in [5.41, 5.74) is 2.00. The van der Waals surface area contributed by atoms with E-state index in [4.69, 9.17) is 0 Å². The van der Waals surface area contributed by atoms with Crippen LogP contribution in [0.2, 0.25) is 0 Å². The largest absolute Gasteiger partial charge is 0.348 e. The molecule has 24 heavy (non-hydrogen) atoms. The molecule has 0 aliphatic rings. The average molecular weight is 324 g/mol. The Labute approximate surface area is 143 Å². The molecule has 0 fully saturated rings. The number of amides is 2. The zero-order chi connectivity index (χ0) is 17.4. The summed E-state index contributed by atoms with van der Waals surface area (Å²) in [4.78, 5) is 26.3. The molecule has 0 aliphatic carbocycles. The van der Waals surface area contributed by atoms with Crippen LogP contribution < -0.4 is 5.32 Å². The summed E-state index contributed by atoms with van der Waals surface area (Å²) in [5.74, 6) is -0.739. The fraction of sp³-hybridized carbons (Fsp3) is 0.300. The number of carbonyl (C=O) groups is 2. The van der Waals surface area contributed by atoms with Crippen LogP contribution in [0.3, 0.4) is 0 Å². The van der Waals surface area contributed by atoms with Gasteiger partial charge in [-0.1, -0.05) is 74.5 Å². The molecule has 0 heterocycles. The zero-order valence-electron chi connectivity index (χ0n) is 14.2. The van der Waals surface area contributed by atoms with E-state index in [0.717, 1.165) is 11.1 Å². The molecule has 126 valence electrons. The highest BCUT2D eigenvalue weighted by atomic mass is 16.2. The summed E-state index contributed by atoms with van der Waals surface area (Å²) in [7, 11) is 0. The van der Waals surface area contributed by atoms with Gasteiger partial charge >= 0.3 is 11.8 Å². The van der Waals surface area contributed by atoms with E-state index in [1.165, 1.54) is 0 Å². The smallest absolute Gasteiger partial charge is 0.312 e. The van der Waals surface area contributed by atoms with Crippen LogP contribution in [0.5, 0.6) is 0 Å². The Morgan fingerprint density at radius 1 is 0.875 bits per heavy atom. The van der Waals surface area contributed by atoms with Gasteiger partial charge < -0.3 is 10.2 Å². The van der Waals surface area contributed by atoms with Crippen molar-refractivity contribution < 1.29 is 9.59 Å². The Morgan fingerprint density at radius 2 is 1.33 bits per heavy atom. The number of nitrogens with one attached hydrogen (secondary N) is 1. The highest BCUT2D eigenvalue weighted by Gasteiger charge is 2.22.